The van der Waals surface area contributed by atoms with Gasteiger partial charge in [-0.15, -0.1) is 0 Å². The Hall–Kier alpha value is -1.22. The average Bonchev–Trinajstić information content (AvgIpc) is 2.55. The number of benzene rings is 1. The van der Waals surface area contributed by atoms with Gasteiger partial charge in [0.1, 0.15) is 0 Å². The smallest absolute Gasteiger partial charge is 0.0387 e. The van der Waals surface area contributed by atoms with E-state index < -0.39 is 0 Å². The zero-order valence-electron chi connectivity index (χ0n) is 13.3. The Labute approximate surface area is 129 Å². The third-order valence-electron chi connectivity index (χ3n) is 5.40. The van der Waals surface area contributed by atoms with Crippen LogP contribution in [0.15, 0.2) is 24.3 Å². The molecule has 3 heteroatoms. The molecule has 1 heterocycles. The topological polar surface area (TPSA) is 32.5 Å². The van der Waals surface area contributed by atoms with Crippen LogP contribution >= 0.6 is 0 Å². The third kappa shape index (κ3) is 3.52. The zero-order chi connectivity index (χ0) is 14.7. The summed E-state index contributed by atoms with van der Waals surface area (Å²) >= 11 is 0. The SMILES string of the molecule is CCC1CCCC(N2CCN(c3cccc(N)c3)CC2)C1. The molecule has 3 nitrogen and oxygen atoms in total. The molecule has 0 aromatic heterocycles. The first-order valence-corrected chi connectivity index (χ1v) is 8.61. The van der Waals surface area contributed by atoms with Crippen LogP contribution in [0.1, 0.15) is 39.0 Å². The number of nitrogen functional groups attached to an aromatic ring is 1. The Morgan fingerprint density at radius 2 is 1.95 bits per heavy atom. The molecule has 0 spiro atoms. The Morgan fingerprint density at radius 1 is 1.14 bits per heavy atom. The second kappa shape index (κ2) is 6.69. The molecule has 2 aliphatic rings. The van der Waals surface area contributed by atoms with Gasteiger partial charge in [-0.05, 0) is 37.0 Å². The van der Waals surface area contributed by atoms with Gasteiger partial charge in [0.2, 0.25) is 0 Å². The van der Waals surface area contributed by atoms with E-state index in [-0.39, 0.29) is 0 Å². The van der Waals surface area contributed by atoms with Crippen molar-refractivity contribution in [1.29, 1.82) is 0 Å². The van der Waals surface area contributed by atoms with Gasteiger partial charge in [-0.3, -0.25) is 4.90 Å². The van der Waals surface area contributed by atoms with Gasteiger partial charge >= 0.3 is 0 Å². The quantitative estimate of drug-likeness (QED) is 0.865. The standard InChI is InChI=1S/C18H29N3/c1-2-15-5-3-7-17(13-15)20-9-11-21(12-10-20)18-8-4-6-16(19)14-18/h4,6,8,14-15,17H,2-3,5,7,9-13,19H2,1H3. The number of piperazine rings is 1. The van der Waals surface area contributed by atoms with Crippen LogP contribution in [0.5, 0.6) is 0 Å². The monoisotopic (exact) mass is 287 g/mol. The Kier molecular flexibility index (Phi) is 4.69. The van der Waals surface area contributed by atoms with Gasteiger partial charge in [-0.25, -0.2) is 0 Å². The van der Waals surface area contributed by atoms with Gasteiger partial charge in [0.25, 0.3) is 0 Å². The Balaban J connectivity index is 1.55. The van der Waals surface area contributed by atoms with Crippen molar-refractivity contribution in [2.24, 2.45) is 5.92 Å². The van der Waals surface area contributed by atoms with Gasteiger partial charge < -0.3 is 10.6 Å². The van der Waals surface area contributed by atoms with E-state index in [1.165, 1.54) is 50.9 Å². The lowest BCUT2D eigenvalue weighted by Crippen LogP contribution is -2.51. The van der Waals surface area contributed by atoms with Gasteiger partial charge in [0.05, 0.1) is 0 Å². The van der Waals surface area contributed by atoms with Crippen LogP contribution < -0.4 is 10.6 Å². The number of anilines is 2. The van der Waals surface area contributed by atoms with Crippen LogP contribution in [0.25, 0.3) is 0 Å². The van der Waals surface area contributed by atoms with Crippen molar-refractivity contribution in [1.82, 2.24) is 4.90 Å². The summed E-state index contributed by atoms with van der Waals surface area (Å²) in [7, 11) is 0. The number of hydrogen-bond donors (Lipinski definition) is 1. The van der Waals surface area contributed by atoms with Crippen LogP contribution in [0.3, 0.4) is 0 Å². The number of nitrogens with two attached hydrogens (primary N) is 1. The maximum absolute atomic E-state index is 5.90. The average molecular weight is 287 g/mol. The summed E-state index contributed by atoms with van der Waals surface area (Å²) in [6.45, 7) is 7.03. The number of hydrogen-bond acceptors (Lipinski definition) is 3. The summed E-state index contributed by atoms with van der Waals surface area (Å²) in [5.41, 5.74) is 8.05. The normalized spacial score (nSPS) is 27.8. The fraction of sp³-hybridized carbons (Fsp3) is 0.667. The highest BCUT2D eigenvalue weighted by molar-refractivity contribution is 5.56. The van der Waals surface area contributed by atoms with E-state index >= 15 is 0 Å². The lowest BCUT2D eigenvalue weighted by atomic mass is 9.83. The van der Waals surface area contributed by atoms with E-state index in [9.17, 15) is 0 Å². The molecule has 0 bridgehead atoms. The van der Waals surface area contributed by atoms with Crippen molar-refractivity contribution in [2.45, 2.75) is 45.1 Å². The number of rotatable bonds is 3. The summed E-state index contributed by atoms with van der Waals surface area (Å²) in [5.74, 6) is 0.968. The van der Waals surface area contributed by atoms with Crippen molar-refractivity contribution in [3.63, 3.8) is 0 Å². The van der Waals surface area contributed by atoms with Gasteiger partial charge in [0, 0.05) is 43.6 Å². The van der Waals surface area contributed by atoms with Crippen LogP contribution in [0.4, 0.5) is 11.4 Å². The van der Waals surface area contributed by atoms with Crippen LogP contribution in [-0.2, 0) is 0 Å². The maximum Gasteiger partial charge on any atom is 0.0387 e. The minimum Gasteiger partial charge on any atom is -0.399 e. The van der Waals surface area contributed by atoms with Crippen molar-refractivity contribution < 1.29 is 0 Å². The zero-order valence-corrected chi connectivity index (χ0v) is 13.3. The molecule has 1 aromatic carbocycles. The minimum absolute atomic E-state index is 0.840. The predicted molar refractivity (Wildman–Crippen MR) is 90.7 cm³/mol. The molecule has 2 unspecified atom stereocenters. The second-order valence-electron chi connectivity index (χ2n) is 6.71. The molecule has 1 aliphatic carbocycles. The molecule has 0 radical (unpaired) electrons. The van der Waals surface area contributed by atoms with Gasteiger partial charge in [-0.2, -0.15) is 0 Å². The molecule has 1 aliphatic heterocycles. The molecule has 1 aromatic rings. The highest BCUT2D eigenvalue weighted by Gasteiger charge is 2.28. The molecule has 116 valence electrons. The molecular formula is C18H29N3. The first kappa shape index (κ1) is 14.7. The largest absolute Gasteiger partial charge is 0.399 e. The molecule has 2 fully saturated rings. The van der Waals surface area contributed by atoms with E-state index in [0.717, 1.165) is 30.7 Å². The molecular weight excluding hydrogens is 258 g/mol. The van der Waals surface area contributed by atoms with E-state index in [4.69, 9.17) is 5.73 Å². The van der Waals surface area contributed by atoms with E-state index in [1.807, 2.05) is 6.07 Å². The summed E-state index contributed by atoms with van der Waals surface area (Å²) in [6.07, 6.45) is 7.08. The summed E-state index contributed by atoms with van der Waals surface area (Å²) in [6, 6.07) is 9.14. The van der Waals surface area contributed by atoms with Crippen LogP contribution in [-0.4, -0.2) is 37.1 Å². The van der Waals surface area contributed by atoms with Crippen LogP contribution in [0.2, 0.25) is 0 Å². The van der Waals surface area contributed by atoms with Crippen LogP contribution in [0, 0.1) is 5.92 Å². The highest BCUT2D eigenvalue weighted by atomic mass is 15.3. The molecule has 21 heavy (non-hydrogen) atoms. The van der Waals surface area contributed by atoms with E-state index in [1.54, 1.807) is 0 Å². The molecule has 2 N–H and O–H groups in total. The van der Waals surface area contributed by atoms with Crippen molar-refractivity contribution in [3.05, 3.63) is 24.3 Å². The molecule has 0 amide bonds. The Morgan fingerprint density at radius 3 is 2.67 bits per heavy atom. The lowest BCUT2D eigenvalue weighted by Gasteiger charge is -2.43. The Bertz CT molecular complexity index is 452. The second-order valence-corrected chi connectivity index (χ2v) is 6.71. The van der Waals surface area contributed by atoms with Crippen molar-refractivity contribution in [3.8, 4) is 0 Å². The fourth-order valence-electron chi connectivity index (χ4n) is 4.03. The first-order valence-electron chi connectivity index (χ1n) is 8.61. The highest BCUT2D eigenvalue weighted by Crippen LogP contribution is 2.30. The lowest BCUT2D eigenvalue weighted by molar-refractivity contribution is 0.122. The van der Waals surface area contributed by atoms with E-state index in [2.05, 4.69) is 34.9 Å². The summed E-state index contributed by atoms with van der Waals surface area (Å²) in [4.78, 5) is 5.22. The molecule has 1 saturated carbocycles. The summed E-state index contributed by atoms with van der Waals surface area (Å²) in [5, 5.41) is 0. The summed E-state index contributed by atoms with van der Waals surface area (Å²) < 4.78 is 0. The molecule has 3 rings (SSSR count). The molecule has 2 atom stereocenters. The van der Waals surface area contributed by atoms with Crippen molar-refractivity contribution in [2.75, 3.05) is 36.8 Å². The minimum atomic E-state index is 0.840. The molecule has 1 saturated heterocycles. The fourth-order valence-corrected chi connectivity index (χ4v) is 4.03. The third-order valence-corrected chi connectivity index (χ3v) is 5.40. The number of nitrogens with zero attached hydrogens (tertiary/aromatic N) is 2. The van der Waals surface area contributed by atoms with Gasteiger partial charge in [0.15, 0.2) is 0 Å². The van der Waals surface area contributed by atoms with Gasteiger partial charge in [-0.1, -0.05) is 32.3 Å². The predicted octanol–water partition coefficient (Wildman–Crippen LogP) is 3.36. The van der Waals surface area contributed by atoms with Crippen molar-refractivity contribution >= 4 is 11.4 Å². The maximum atomic E-state index is 5.90. The first-order chi connectivity index (χ1) is 10.3. The van der Waals surface area contributed by atoms with E-state index in [0.29, 0.717) is 0 Å².